The lowest BCUT2D eigenvalue weighted by Crippen LogP contribution is -2.49. The van der Waals surface area contributed by atoms with Crippen molar-refractivity contribution in [1.29, 1.82) is 0 Å². The van der Waals surface area contributed by atoms with Gasteiger partial charge in [-0.2, -0.15) is 0 Å². The maximum atomic E-state index is 11.8. The Balaban J connectivity index is 2.57. The van der Waals surface area contributed by atoms with Crippen LogP contribution >= 0.6 is 0 Å². The van der Waals surface area contributed by atoms with Gasteiger partial charge in [-0.05, 0) is 44.9 Å². The minimum atomic E-state index is -0.530. The van der Waals surface area contributed by atoms with Crippen LogP contribution in [0.3, 0.4) is 0 Å². The lowest BCUT2D eigenvalue weighted by molar-refractivity contribution is -0.123. The molecule has 0 radical (unpaired) electrons. The second kappa shape index (κ2) is 5.19. The molecule has 0 aliphatic heterocycles. The van der Waals surface area contributed by atoms with Crippen molar-refractivity contribution in [3.63, 3.8) is 0 Å². The number of carbonyl (C=O) groups is 1. The summed E-state index contributed by atoms with van der Waals surface area (Å²) in [6, 6.07) is 6.87. The maximum Gasteiger partial charge on any atom is 0.237 e. The lowest BCUT2D eigenvalue weighted by Gasteiger charge is -2.23. The molecular weight excluding hydrogens is 214 g/mol. The van der Waals surface area contributed by atoms with Gasteiger partial charge in [0, 0.05) is 11.2 Å². The second-order valence-corrected chi connectivity index (χ2v) is 5.29. The fraction of sp³-hybridized carbons (Fsp3) is 0.462. The average molecular weight is 235 g/mol. The van der Waals surface area contributed by atoms with E-state index in [-0.39, 0.29) is 11.4 Å². The number of nitrogens with one attached hydrogen (secondary N) is 1. The first-order valence-electron chi connectivity index (χ1n) is 5.70. The first kappa shape index (κ1) is 13.5. The van der Waals surface area contributed by atoms with E-state index in [0.717, 1.165) is 5.56 Å². The summed E-state index contributed by atoms with van der Waals surface area (Å²) < 4.78 is 0. The Hall–Kier alpha value is -1.55. The minimum absolute atomic E-state index is 0.130. The van der Waals surface area contributed by atoms with Crippen LogP contribution in [0.5, 0.6) is 0 Å². The number of anilines is 1. The molecule has 94 valence electrons. The van der Waals surface area contributed by atoms with E-state index in [1.807, 2.05) is 45.0 Å². The van der Waals surface area contributed by atoms with Crippen molar-refractivity contribution in [2.24, 2.45) is 5.73 Å². The number of hydrogen-bond acceptors (Lipinski definition) is 3. The minimum Gasteiger partial charge on any atom is -0.399 e. The van der Waals surface area contributed by atoms with E-state index in [4.69, 9.17) is 11.5 Å². The van der Waals surface area contributed by atoms with Gasteiger partial charge in [0.1, 0.15) is 0 Å². The van der Waals surface area contributed by atoms with Crippen LogP contribution < -0.4 is 16.8 Å². The van der Waals surface area contributed by atoms with Crippen LogP contribution in [0.2, 0.25) is 0 Å². The molecule has 0 aromatic heterocycles. The van der Waals surface area contributed by atoms with Crippen molar-refractivity contribution in [3.05, 3.63) is 29.8 Å². The molecule has 0 spiro atoms. The molecule has 0 saturated carbocycles. The van der Waals surface area contributed by atoms with Crippen LogP contribution in [-0.2, 0) is 11.2 Å². The van der Waals surface area contributed by atoms with Gasteiger partial charge in [-0.25, -0.2) is 0 Å². The molecule has 1 aromatic rings. The van der Waals surface area contributed by atoms with E-state index in [9.17, 15) is 4.79 Å². The van der Waals surface area contributed by atoms with Gasteiger partial charge >= 0.3 is 0 Å². The zero-order valence-electron chi connectivity index (χ0n) is 10.7. The highest BCUT2D eigenvalue weighted by molar-refractivity contribution is 5.82. The summed E-state index contributed by atoms with van der Waals surface area (Å²) in [4.78, 5) is 11.8. The second-order valence-electron chi connectivity index (χ2n) is 5.29. The first-order chi connectivity index (χ1) is 7.78. The highest BCUT2D eigenvalue weighted by atomic mass is 16.2. The van der Waals surface area contributed by atoms with Gasteiger partial charge in [-0.3, -0.25) is 4.79 Å². The molecule has 1 amide bonds. The monoisotopic (exact) mass is 235 g/mol. The third-order valence-electron chi connectivity index (χ3n) is 2.27. The average Bonchev–Trinajstić information content (AvgIpc) is 2.19. The van der Waals surface area contributed by atoms with E-state index < -0.39 is 6.04 Å². The molecule has 4 nitrogen and oxygen atoms in total. The molecule has 0 heterocycles. The van der Waals surface area contributed by atoms with Crippen LogP contribution in [0.1, 0.15) is 26.3 Å². The summed E-state index contributed by atoms with van der Waals surface area (Å²) in [7, 11) is 0. The molecule has 1 atom stereocenters. The molecular formula is C13H21N3O. The molecule has 1 unspecified atom stereocenters. The topological polar surface area (TPSA) is 81.1 Å². The summed E-state index contributed by atoms with van der Waals surface area (Å²) in [6.07, 6.45) is 0.516. The number of nitrogens with two attached hydrogens (primary N) is 2. The third-order valence-corrected chi connectivity index (χ3v) is 2.27. The van der Waals surface area contributed by atoms with E-state index in [1.165, 1.54) is 0 Å². The van der Waals surface area contributed by atoms with Crippen molar-refractivity contribution in [2.45, 2.75) is 38.8 Å². The van der Waals surface area contributed by atoms with Crippen LogP contribution in [0.15, 0.2) is 24.3 Å². The number of hydrogen-bond donors (Lipinski definition) is 3. The first-order valence-corrected chi connectivity index (χ1v) is 5.70. The normalized spacial score (nSPS) is 13.2. The molecule has 0 aliphatic rings. The van der Waals surface area contributed by atoms with Crippen LogP contribution in [0.25, 0.3) is 0 Å². The predicted octanol–water partition coefficient (Wildman–Crippen LogP) is 1.05. The standard InChI is InChI=1S/C13H21N3O/c1-13(2,3)16-12(17)11(15)8-9-4-6-10(14)7-5-9/h4-7,11H,8,14-15H2,1-3H3,(H,16,17). The fourth-order valence-corrected chi connectivity index (χ4v) is 1.46. The van der Waals surface area contributed by atoms with Gasteiger partial charge < -0.3 is 16.8 Å². The zero-order valence-corrected chi connectivity index (χ0v) is 10.7. The van der Waals surface area contributed by atoms with E-state index >= 15 is 0 Å². The quantitative estimate of drug-likeness (QED) is 0.685. The van der Waals surface area contributed by atoms with Gasteiger partial charge in [0.05, 0.1) is 6.04 Å². The Morgan fingerprint density at radius 3 is 2.29 bits per heavy atom. The van der Waals surface area contributed by atoms with Crippen molar-refractivity contribution >= 4 is 11.6 Å². The number of nitrogen functional groups attached to an aromatic ring is 1. The summed E-state index contributed by atoms with van der Waals surface area (Å²) in [5, 5.41) is 2.86. The highest BCUT2D eigenvalue weighted by Crippen LogP contribution is 2.08. The van der Waals surface area contributed by atoms with Gasteiger partial charge in [0.15, 0.2) is 0 Å². The zero-order chi connectivity index (χ0) is 13.1. The van der Waals surface area contributed by atoms with E-state index in [2.05, 4.69) is 5.32 Å². The summed E-state index contributed by atoms with van der Waals surface area (Å²) >= 11 is 0. The Labute approximate surface area is 102 Å². The molecule has 0 bridgehead atoms. The molecule has 1 aromatic carbocycles. The summed E-state index contributed by atoms with van der Waals surface area (Å²) in [5.41, 5.74) is 12.9. The molecule has 0 aliphatic carbocycles. The highest BCUT2D eigenvalue weighted by Gasteiger charge is 2.19. The number of carbonyl (C=O) groups excluding carboxylic acids is 1. The van der Waals surface area contributed by atoms with Crippen molar-refractivity contribution in [2.75, 3.05) is 5.73 Å². The molecule has 5 N–H and O–H groups in total. The Morgan fingerprint density at radius 2 is 1.82 bits per heavy atom. The van der Waals surface area contributed by atoms with Crippen molar-refractivity contribution in [3.8, 4) is 0 Å². The van der Waals surface area contributed by atoms with Crippen LogP contribution in [0, 0.1) is 0 Å². The van der Waals surface area contributed by atoms with Crippen molar-refractivity contribution in [1.82, 2.24) is 5.32 Å². The van der Waals surface area contributed by atoms with Gasteiger partial charge in [0.25, 0.3) is 0 Å². The van der Waals surface area contributed by atoms with Crippen LogP contribution in [0.4, 0.5) is 5.69 Å². The fourth-order valence-electron chi connectivity index (χ4n) is 1.46. The molecule has 0 fully saturated rings. The Morgan fingerprint density at radius 1 is 1.29 bits per heavy atom. The number of benzene rings is 1. The smallest absolute Gasteiger partial charge is 0.237 e. The summed E-state index contributed by atoms with van der Waals surface area (Å²) in [5.74, 6) is -0.130. The number of rotatable bonds is 3. The SMILES string of the molecule is CC(C)(C)NC(=O)C(N)Cc1ccc(N)cc1. The molecule has 0 saturated heterocycles. The summed E-state index contributed by atoms with van der Waals surface area (Å²) in [6.45, 7) is 5.79. The van der Waals surface area contributed by atoms with Gasteiger partial charge in [0.2, 0.25) is 5.91 Å². The van der Waals surface area contributed by atoms with Crippen molar-refractivity contribution < 1.29 is 4.79 Å². The number of amides is 1. The van der Waals surface area contributed by atoms with Gasteiger partial charge in [-0.15, -0.1) is 0 Å². The maximum absolute atomic E-state index is 11.8. The van der Waals surface area contributed by atoms with E-state index in [1.54, 1.807) is 0 Å². The van der Waals surface area contributed by atoms with Crippen LogP contribution in [-0.4, -0.2) is 17.5 Å². The molecule has 17 heavy (non-hydrogen) atoms. The largest absolute Gasteiger partial charge is 0.399 e. The lowest BCUT2D eigenvalue weighted by atomic mass is 10.0. The Kier molecular flexibility index (Phi) is 4.12. The van der Waals surface area contributed by atoms with Gasteiger partial charge in [-0.1, -0.05) is 12.1 Å². The third kappa shape index (κ3) is 4.87. The molecule has 1 rings (SSSR count). The molecule has 4 heteroatoms. The Bertz CT molecular complexity index is 379. The van der Waals surface area contributed by atoms with E-state index in [0.29, 0.717) is 12.1 Å². The predicted molar refractivity (Wildman–Crippen MR) is 70.4 cm³/mol.